The Balaban J connectivity index is 1.53. The number of rotatable bonds is 5. The van der Waals surface area contributed by atoms with E-state index in [1.165, 1.54) is 10.4 Å². The van der Waals surface area contributed by atoms with E-state index < -0.39 is 5.91 Å². The van der Waals surface area contributed by atoms with Crippen LogP contribution in [0.15, 0.2) is 11.4 Å². The lowest BCUT2D eigenvalue weighted by molar-refractivity contribution is -0.137. The molecule has 2 atom stereocenters. The second kappa shape index (κ2) is 6.98. The van der Waals surface area contributed by atoms with E-state index in [1.807, 2.05) is 11.8 Å². The molecule has 3 rings (SSSR count). The van der Waals surface area contributed by atoms with E-state index in [-0.39, 0.29) is 24.7 Å². The number of likely N-dealkylation sites (tertiary alicyclic amines) is 1. The van der Waals surface area contributed by atoms with Gasteiger partial charge in [0.1, 0.15) is 6.61 Å². The molecule has 2 aliphatic rings. The number of nitrogens with two attached hydrogens (primary N) is 1. The van der Waals surface area contributed by atoms with Gasteiger partial charge in [0.05, 0.1) is 12.1 Å². The molecule has 0 unspecified atom stereocenters. The molecule has 2 aliphatic heterocycles. The molecule has 0 saturated carbocycles. The molecule has 0 aliphatic carbocycles. The lowest BCUT2D eigenvalue weighted by atomic mass is 10.1. The molecule has 1 aromatic rings. The first-order valence-electron chi connectivity index (χ1n) is 8.02. The summed E-state index contributed by atoms with van der Waals surface area (Å²) in [5.41, 5.74) is 6.39. The molecule has 3 heterocycles. The third kappa shape index (κ3) is 3.73. The number of amides is 2. The first kappa shape index (κ1) is 16.4. The summed E-state index contributed by atoms with van der Waals surface area (Å²) in [5.74, 6) is -0.273. The quantitative estimate of drug-likeness (QED) is 0.854. The van der Waals surface area contributed by atoms with Crippen molar-refractivity contribution >= 4 is 23.2 Å². The van der Waals surface area contributed by atoms with E-state index in [4.69, 9.17) is 10.5 Å². The number of hydrogen-bond acceptors (Lipinski definition) is 5. The monoisotopic (exact) mass is 337 g/mol. The third-order valence-electron chi connectivity index (χ3n) is 4.66. The maximum absolute atomic E-state index is 12.8. The SMILES string of the molecule is C[C@@H](C(=O)N1CCc2sccc2C1)N1CC[C@@H](OCC(N)=O)C1. The summed E-state index contributed by atoms with van der Waals surface area (Å²) in [5, 5.41) is 2.10. The number of nitrogens with zero attached hydrogens (tertiary/aromatic N) is 2. The molecule has 0 spiro atoms. The van der Waals surface area contributed by atoms with Crippen LogP contribution in [0.25, 0.3) is 0 Å². The number of fused-ring (bicyclic) bond motifs is 1. The van der Waals surface area contributed by atoms with Gasteiger partial charge in [-0.25, -0.2) is 0 Å². The number of ether oxygens (including phenoxy) is 1. The number of hydrogen-bond donors (Lipinski definition) is 1. The van der Waals surface area contributed by atoms with Gasteiger partial charge >= 0.3 is 0 Å². The highest BCUT2D eigenvalue weighted by molar-refractivity contribution is 7.10. The zero-order chi connectivity index (χ0) is 16.4. The highest BCUT2D eigenvalue weighted by atomic mass is 32.1. The van der Waals surface area contributed by atoms with Crippen LogP contribution < -0.4 is 5.73 Å². The van der Waals surface area contributed by atoms with Gasteiger partial charge in [0.25, 0.3) is 0 Å². The minimum atomic E-state index is -0.451. The predicted molar refractivity (Wildman–Crippen MR) is 88.0 cm³/mol. The largest absolute Gasteiger partial charge is 0.368 e. The predicted octanol–water partition coefficient (Wildman–Crippen LogP) is 0.597. The molecule has 2 amide bonds. The summed E-state index contributed by atoms with van der Waals surface area (Å²) in [4.78, 5) is 29.0. The van der Waals surface area contributed by atoms with Crippen molar-refractivity contribution < 1.29 is 14.3 Å². The molecule has 2 N–H and O–H groups in total. The summed E-state index contributed by atoms with van der Waals surface area (Å²) >= 11 is 1.78. The lowest BCUT2D eigenvalue weighted by Gasteiger charge is -2.32. The Bertz CT molecular complexity index is 589. The summed E-state index contributed by atoms with van der Waals surface area (Å²) in [6.45, 7) is 4.92. The van der Waals surface area contributed by atoms with Crippen LogP contribution in [0.3, 0.4) is 0 Å². The summed E-state index contributed by atoms with van der Waals surface area (Å²) in [7, 11) is 0. The van der Waals surface area contributed by atoms with Gasteiger partial charge in [-0.3, -0.25) is 14.5 Å². The third-order valence-corrected chi connectivity index (χ3v) is 5.69. The Morgan fingerprint density at radius 3 is 3.09 bits per heavy atom. The summed E-state index contributed by atoms with van der Waals surface area (Å²) in [6.07, 6.45) is 1.78. The molecule has 0 bridgehead atoms. The molecule has 1 fully saturated rings. The van der Waals surface area contributed by atoms with Gasteiger partial charge in [0, 0.05) is 31.1 Å². The Hall–Kier alpha value is -1.44. The molecule has 0 radical (unpaired) electrons. The van der Waals surface area contributed by atoms with Crippen molar-refractivity contribution in [2.45, 2.75) is 38.5 Å². The Morgan fingerprint density at radius 2 is 2.30 bits per heavy atom. The van der Waals surface area contributed by atoms with Gasteiger partial charge in [-0.15, -0.1) is 11.3 Å². The topological polar surface area (TPSA) is 75.9 Å². The van der Waals surface area contributed by atoms with E-state index in [2.05, 4.69) is 16.3 Å². The van der Waals surface area contributed by atoms with Crippen LogP contribution in [0.5, 0.6) is 0 Å². The molecule has 7 heteroatoms. The maximum Gasteiger partial charge on any atom is 0.243 e. The minimum absolute atomic E-state index is 0.0115. The fourth-order valence-corrected chi connectivity index (χ4v) is 4.19. The van der Waals surface area contributed by atoms with Crippen LogP contribution in [0.2, 0.25) is 0 Å². The van der Waals surface area contributed by atoms with Crippen molar-refractivity contribution in [3.8, 4) is 0 Å². The molecule has 6 nitrogen and oxygen atoms in total. The molecular formula is C16H23N3O3S. The molecule has 1 saturated heterocycles. The molecule has 1 aromatic heterocycles. The number of thiophene rings is 1. The zero-order valence-electron chi connectivity index (χ0n) is 13.4. The van der Waals surface area contributed by atoms with Gasteiger partial charge < -0.3 is 15.4 Å². The highest BCUT2D eigenvalue weighted by Crippen LogP contribution is 2.25. The number of primary amides is 1. The molecule has 126 valence electrons. The first-order chi connectivity index (χ1) is 11.0. The Kier molecular flexibility index (Phi) is 4.99. The second-order valence-corrected chi connectivity index (χ2v) is 7.24. The molecular weight excluding hydrogens is 314 g/mol. The van der Waals surface area contributed by atoms with Crippen molar-refractivity contribution in [2.75, 3.05) is 26.2 Å². The Morgan fingerprint density at radius 1 is 1.48 bits per heavy atom. The number of carbonyl (C=O) groups is 2. The average molecular weight is 337 g/mol. The van der Waals surface area contributed by atoms with Crippen LogP contribution in [-0.2, 0) is 27.3 Å². The normalized spacial score (nSPS) is 22.8. The van der Waals surface area contributed by atoms with E-state index in [1.54, 1.807) is 11.3 Å². The number of carbonyl (C=O) groups excluding carboxylic acids is 2. The van der Waals surface area contributed by atoms with Crippen molar-refractivity contribution in [3.63, 3.8) is 0 Å². The molecule has 23 heavy (non-hydrogen) atoms. The van der Waals surface area contributed by atoms with Gasteiger partial charge in [-0.2, -0.15) is 0 Å². The van der Waals surface area contributed by atoms with Gasteiger partial charge in [-0.1, -0.05) is 0 Å². The Labute approximate surface area is 140 Å². The fourth-order valence-electron chi connectivity index (χ4n) is 3.30. The minimum Gasteiger partial charge on any atom is -0.368 e. The second-order valence-electron chi connectivity index (χ2n) is 6.24. The smallest absolute Gasteiger partial charge is 0.243 e. The van der Waals surface area contributed by atoms with E-state index in [0.717, 1.165) is 32.5 Å². The van der Waals surface area contributed by atoms with E-state index in [0.29, 0.717) is 6.54 Å². The zero-order valence-corrected chi connectivity index (χ0v) is 14.2. The maximum atomic E-state index is 12.8. The average Bonchev–Trinajstić information content (AvgIpc) is 3.19. The van der Waals surface area contributed by atoms with Crippen LogP contribution >= 0.6 is 11.3 Å². The highest BCUT2D eigenvalue weighted by Gasteiger charge is 2.33. The van der Waals surface area contributed by atoms with Gasteiger partial charge in [0.2, 0.25) is 11.8 Å². The summed E-state index contributed by atoms with van der Waals surface area (Å²) < 4.78 is 5.47. The van der Waals surface area contributed by atoms with Crippen LogP contribution in [-0.4, -0.2) is 60.0 Å². The van der Waals surface area contributed by atoms with Gasteiger partial charge in [0.15, 0.2) is 0 Å². The van der Waals surface area contributed by atoms with Crippen LogP contribution in [0.4, 0.5) is 0 Å². The first-order valence-corrected chi connectivity index (χ1v) is 8.90. The fraction of sp³-hybridized carbons (Fsp3) is 0.625. The summed E-state index contributed by atoms with van der Waals surface area (Å²) in [6, 6.07) is 1.96. The van der Waals surface area contributed by atoms with Crippen LogP contribution in [0, 0.1) is 0 Å². The van der Waals surface area contributed by atoms with Gasteiger partial charge in [-0.05, 0) is 36.8 Å². The van der Waals surface area contributed by atoms with E-state index in [9.17, 15) is 9.59 Å². The van der Waals surface area contributed by atoms with Crippen LogP contribution in [0.1, 0.15) is 23.8 Å². The van der Waals surface area contributed by atoms with Crippen molar-refractivity contribution in [3.05, 3.63) is 21.9 Å². The lowest BCUT2D eigenvalue weighted by Crippen LogP contribution is -2.48. The van der Waals surface area contributed by atoms with E-state index >= 15 is 0 Å². The van der Waals surface area contributed by atoms with Crippen molar-refractivity contribution in [1.82, 2.24) is 9.80 Å². The standard InChI is InChI=1S/C16H23N3O3S/c1-11(18-5-2-13(9-18)22-10-15(17)20)16(21)19-6-3-14-12(8-19)4-7-23-14/h4,7,11,13H,2-3,5-6,8-10H2,1H3,(H2,17,20)/t11-,13+/m0/s1. The van der Waals surface area contributed by atoms with Crippen molar-refractivity contribution in [1.29, 1.82) is 0 Å². The molecule has 0 aromatic carbocycles. The van der Waals surface area contributed by atoms with Crippen molar-refractivity contribution in [2.24, 2.45) is 5.73 Å².